The summed E-state index contributed by atoms with van der Waals surface area (Å²) < 4.78 is 10.8. The number of para-hydroxylation sites is 2. The largest absolute Gasteiger partial charge is 0.493 e. The Hall–Kier alpha value is -1.56. The van der Waals surface area contributed by atoms with Crippen molar-refractivity contribution in [3.8, 4) is 11.5 Å². The van der Waals surface area contributed by atoms with Crippen molar-refractivity contribution in [3.05, 3.63) is 52.5 Å². The lowest BCUT2D eigenvalue weighted by atomic mass is 10.3. The number of carbonyl (C=O) groups is 1. The van der Waals surface area contributed by atoms with Crippen molar-refractivity contribution >= 4 is 40.9 Å². The van der Waals surface area contributed by atoms with E-state index in [4.69, 9.17) is 32.7 Å². The maximum atomic E-state index is 11.9. The summed E-state index contributed by atoms with van der Waals surface area (Å²) in [4.78, 5) is 12.6. The molecule has 24 heavy (non-hydrogen) atoms. The Morgan fingerprint density at radius 2 is 1.92 bits per heavy atom. The van der Waals surface area contributed by atoms with E-state index in [1.807, 2.05) is 24.3 Å². The molecule has 2 rings (SSSR count). The highest BCUT2D eigenvalue weighted by atomic mass is 35.5. The summed E-state index contributed by atoms with van der Waals surface area (Å²) in [5.41, 5.74) is 0. The number of thioether (sulfide) groups is 1. The third-order valence-electron chi connectivity index (χ3n) is 3.00. The van der Waals surface area contributed by atoms with Crippen LogP contribution < -0.4 is 14.8 Å². The fourth-order valence-corrected chi connectivity index (χ4v) is 3.19. The number of hydrogen-bond donors (Lipinski definition) is 1. The topological polar surface area (TPSA) is 47.6 Å². The van der Waals surface area contributed by atoms with Crippen LogP contribution in [0.2, 0.25) is 10.0 Å². The average Bonchev–Trinajstić information content (AvgIpc) is 2.59. The molecule has 0 atom stereocenters. The van der Waals surface area contributed by atoms with Crippen LogP contribution in [-0.4, -0.2) is 31.9 Å². The van der Waals surface area contributed by atoms with Gasteiger partial charge in [0.15, 0.2) is 11.5 Å². The highest BCUT2D eigenvalue weighted by molar-refractivity contribution is 8.00. The zero-order valence-corrected chi connectivity index (χ0v) is 15.4. The number of hydrogen-bond acceptors (Lipinski definition) is 4. The fourth-order valence-electron chi connectivity index (χ4n) is 1.87. The fraction of sp³-hybridized carbons (Fsp3) is 0.235. The zero-order chi connectivity index (χ0) is 17.4. The highest BCUT2D eigenvalue weighted by Gasteiger charge is 2.07. The number of methoxy groups -OCH3 is 1. The molecule has 0 aromatic heterocycles. The molecule has 0 aliphatic heterocycles. The number of halogens is 2. The molecule has 0 saturated carbocycles. The Morgan fingerprint density at radius 3 is 2.67 bits per heavy atom. The molecule has 0 saturated heterocycles. The number of nitrogens with one attached hydrogen (secondary N) is 1. The van der Waals surface area contributed by atoms with Gasteiger partial charge in [0.1, 0.15) is 6.61 Å². The number of carbonyl (C=O) groups excluding carboxylic acids is 1. The molecule has 0 aliphatic carbocycles. The normalized spacial score (nSPS) is 10.3. The first-order valence-electron chi connectivity index (χ1n) is 7.20. The number of ether oxygens (including phenoxy) is 2. The molecule has 0 bridgehead atoms. The minimum Gasteiger partial charge on any atom is -0.493 e. The van der Waals surface area contributed by atoms with Gasteiger partial charge in [-0.3, -0.25) is 4.79 Å². The molecule has 0 radical (unpaired) electrons. The molecule has 0 fully saturated rings. The van der Waals surface area contributed by atoms with Gasteiger partial charge in [-0.15, -0.1) is 11.8 Å². The van der Waals surface area contributed by atoms with Crippen LogP contribution in [-0.2, 0) is 4.79 Å². The van der Waals surface area contributed by atoms with Crippen LogP contribution in [0.3, 0.4) is 0 Å². The van der Waals surface area contributed by atoms with Gasteiger partial charge in [-0.1, -0.05) is 35.3 Å². The van der Waals surface area contributed by atoms with Crippen LogP contribution in [0.15, 0.2) is 47.4 Å². The summed E-state index contributed by atoms with van der Waals surface area (Å²) in [7, 11) is 1.59. The summed E-state index contributed by atoms with van der Waals surface area (Å²) in [5.74, 6) is 1.47. The Morgan fingerprint density at radius 1 is 1.17 bits per heavy atom. The lowest BCUT2D eigenvalue weighted by Gasteiger charge is -2.11. The molecule has 2 aromatic carbocycles. The van der Waals surface area contributed by atoms with Gasteiger partial charge >= 0.3 is 0 Å². The highest BCUT2D eigenvalue weighted by Crippen LogP contribution is 2.29. The van der Waals surface area contributed by atoms with E-state index in [1.165, 1.54) is 11.8 Å². The number of amides is 1. The van der Waals surface area contributed by atoms with Gasteiger partial charge in [0.25, 0.3) is 0 Å². The molecule has 1 N–H and O–H groups in total. The van der Waals surface area contributed by atoms with Gasteiger partial charge in [-0.2, -0.15) is 0 Å². The summed E-state index contributed by atoms with van der Waals surface area (Å²) in [6.45, 7) is 0.759. The number of benzene rings is 2. The van der Waals surface area contributed by atoms with Crippen LogP contribution in [0.5, 0.6) is 11.5 Å². The van der Waals surface area contributed by atoms with Crippen LogP contribution in [0.1, 0.15) is 0 Å². The van der Waals surface area contributed by atoms with Gasteiger partial charge in [0.05, 0.1) is 24.4 Å². The van der Waals surface area contributed by atoms with Crippen LogP contribution in [0.25, 0.3) is 0 Å². The summed E-state index contributed by atoms with van der Waals surface area (Å²) in [6.07, 6.45) is 0. The van der Waals surface area contributed by atoms with Crippen LogP contribution in [0, 0.1) is 0 Å². The Kier molecular flexibility index (Phi) is 7.56. The van der Waals surface area contributed by atoms with E-state index in [9.17, 15) is 4.79 Å². The van der Waals surface area contributed by atoms with Crippen molar-refractivity contribution in [2.45, 2.75) is 4.90 Å². The lowest BCUT2D eigenvalue weighted by molar-refractivity contribution is -0.118. The van der Waals surface area contributed by atoms with Crippen molar-refractivity contribution in [3.63, 3.8) is 0 Å². The van der Waals surface area contributed by atoms with E-state index < -0.39 is 0 Å². The maximum absolute atomic E-state index is 11.9. The average molecular weight is 386 g/mol. The van der Waals surface area contributed by atoms with E-state index in [-0.39, 0.29) is 11.7 Å². The maximum Gasteiger partial charge on any atom is 0.230 e. The molecule has 4 nitrogen and oxygen atoms in total. The monoisotopic (exact) mass is 385 g/mol. The molecule has 0 unspecified atom stereocenters. The molecule has 128 valence electrons. The van der Waals surface area contributed by atoms with Crippen molar-refractivity contribution < 1.29 is 14.3 Å². The van der Waals surface area contributed by atoms with Gasteiger partial charge in [0.2, 0.25) is 5.91 Å². The Labute approximate surface area is 155 Å². The second-order valence-corrected chi connectivity index (χ2v) is 6.57. The van der Waals surface area contributed by atoms with Crippen LogP contribution in [0.4, 0.5) is 0 Å². The standard InChI is InChI=1S/C17H17Cl2NO3S/c1-22-14-4-2-3-5-15(14)23-9-8-20-17(21)11-24-16-10-12(18)6-7-13(16)19/h2-7,10H,8-9,11H2,1H3,(H,20,21). The van der Waals surface area contributed by atoms with Crippen molar-refractivity contribution in [1.29, 1.82) is 0 Å². The van der Waals surface area contributed by atoms with Gasteiger partial charge < -0.3 is 14.8 Å². The first-order chi connectivity index (χ1) is 11.6. The number of rotatable bonds is 8. The summed E-state index contributed by atoms with van der Waals surface area (Å²) in [5, 5.41) is 3.96. The van der Waals surface area contributed by atoms with Crippen molar-refractivity contribution in [2.24, 2.45) is 0 Å². The minimum atomic E-state index is -0.0975. The third-order valence-corrected chi connectivity index (χ3v) is 4.73. The van der Waals surface area contributed by atoms with Crippen molar-refractivity contribution in [2.75, 3.05) is 26.0 Å². The van der Waals surface area contributed by atoms with Crippen LogP contribution >= 0.6 is 35.0 Å². The molecule has 0 spiro atoms. The molecule has 0 heterocycles. The molecular weight excluding hydrogens is 369 g/mol. The van der Waals surface area contributed by atoms with E-state index in [1.54, 1.807) is 25.3 Å². The van der Waals surface area contributed by atoms with E-state index in [0.29, 0.717) is 34.7 Å². The first-order valence-corrected chi connectivity index (χ1v) is 8.94. The smallest absolute Gasteiger partial charge is 0.230 e. The van der Waals surface area contributed by atoms with E-state index in [2.05, 4.69) is 5.32 Å². The first kappa shape index (κ1) is 18.8. The Balaban J connectivity index is 1.71. The predicted octanol–water partition coefficient (Wildman–Crippen LogP) is 4.29. The molecule has 0 aliphatic rings. The molecule has 7 heteroatoms. The van der Waals surface area contributed by atoms with Gasteiger partial charge in [-0.25, -0.2) is 0 Å². The van der Waals surface area contributed by atoms with Crippen molar-refractivity contribution in [1.82, 2.24) is 5.32 Å². The third kappa shape index (κ3) is 5.82. The molecular formula is C17H17Cl2NO3S. The Bertz CT molecular complexity index is 697. The zero-order valence-electron chi connectivity index (χ0n) is 13.1. The second-order valence-electron chi connectivity index (χ2n) is 4.71. The molecule has 1 amide bonds. The summed E-state index contributed by atoms with van der Waals surface area (Å²) in [6, 6.07) is 12.5. The lowest BCUT2D eigenvalue weighted by Crippen LogP contribution is -2.29. The molecule has 2 aromatic rings. The quantitative estimate of drug-likeness (QED) is 0.543. The van der Waals surface area contributed by atoms with Gasteiger partial charge in [0, 0.05) is 9.92 Å². The van der Waals surface area contributed by atoms with E-state index in [0.717, 1.165) is 4.90 Å². The van der Waals surface area contributed by atoms with Gasteiger partial charge in [-0.05, 0) is 30.3 Å². The van der Waals surface area contributed by atoms with E-state index >= 15 is 0 Å². The predicted molar refractivity (Wildman–Crippen MR) is 98.7 cm³/mol. The summed E-state index contributed by atoms with van der Waals surface area (Å²) >= 11 is 13.3. The minimum absolute atomic E-state index is 0.0975. The second kappa shape index (κ2) is 9.67. The SMILES string of the molecule is COc1ccccc1OCCNC(=O)CSc1cc(Cl)ccc1Cl.